The largest absolute Gasteiger partial charge is 0.435 e. The van der Waals surface area contributed by atoms with Crippen LogP contribution in [0, 0.1) is 6.92 Å². The summed E-state index contributed by atoms with van der Waals surface area (Å²) >= 11 is 0. The average molecular weight is 260 g/mol. The second-order valence-electron chi connectivity index (χ2n) is 4.86. The molecule has 0 saturated heterocycles. The van der Waals surface area contributed by atoms with Crippen molar-refractivity contribution < 1.29 is 4.42 Å². The van der Waals surface area contributed by atoms with E-state index in [0.717, 1.165) is 27.6 Å². The van der Waals surface area contributed by atoms with Gasteiger partial charge in [-0.25, -0.2) is 4.98 Å². The zero-order valence-corrected chi connectivity index (χ0v) is 11.0. The fourth-order valence-corrected chi connectivity index (χ4v) is 2.54. The molecule has 0 aliphatic heterocycles. The van der Waals surface area contributed by atoms with Crippen molar-refractivity contribution >= 4 is 22.1 Å². The minimum atomic E-state index is 0.657. The van der Waals surface area contributed by atoms with Crippen LogP contribution < -0.4 is 0 Å². The fraction of sp³-hybridized carbons (Fsp3) is 0.0588. The Morgan fingerprint density at radius 3 is 2.75 bits per heavy atom. The van der Waals surface area contributed by atoms with Gasteiger partial charge in [-0.3, -0.25) is 4.98 Å². The second kappa shape index (κ2) is 4.17. The van der Waals surface area contributed by atoms with Crippen LogP contribution in [0.5, 0.6) is 0 Å². The minimum Gasteiger partial charge on any atom is -0.435 e. The Balaban J connectivity index is 2.10. The van der Waals surface area contributed by atoms with Gasteiger partial charge in [0.15, 0.2) is 5.58 Å². The molecule has 0 fully saturated rings. The number of nitrogens with zero attached hydrogens (tertiary/aromatic N) is 2. The van der Waals surface area contributed by atoms with Gasteiger partial charge in [0.2, 0.25) is 5.71 Å². The van der Waals surface area contributed by atoms with Gasteiger partial charge in [0.1, 0.15) is 5.69 Å². The van der Waals surface area contributed by atoms with E-state index in [9.17, 15) is 0 Å². The number of aromatic nitrogens is 2. The van der Waals surface area contributed by atoms with Crippen LogP contribution in [-0.2, 0) is 0 Å². The molecule has 3 aromatic heterocycles. The summed E-state index contributed by atoms with van der Waals surface area (Å²) in [6, 6.07) is 14.2. The molecular weight excluding hydrogens is 248 g/mol. The number of hydrogen-bond donors (Lipinski definition) is 0. The Labute approximate surface area is 115 Å². The summed E-state index contributed by atoms with van der Waals surface area (Å²) in [7, 11) is 0. The van der Waals surface area contributed by atoms with Gasteiger partial charge in [-0.05, 0) is 31.2 Å². The Kier molecular flexibility index (Phi) is 2.33. The maximum Gasteiger partial charge on any atom is 0.227 e. The highest BCUT2D eigenvalue weighted by molar-refractivity contribution is 6.07. The van der Waals surface area contributed by atoms with Crippen molar-refractivity contribution in [3.63, 3.8) is 0 Å². The number of pyridine rings is 2. The third-order valence-electron chi connectivity index (χ3n) is 3.46. The molecule has 0 N–H and O–H groups in total. The van der Waals surface area contributed by atoms with Crippen molar-refractivity contribution in [1.82, 2.24) is 9.97 Å². The monoisotopic (exact) mass is 260 g/mol. The fourth-order valence-electron chi connectivity index (χ4n) is 2.54. The third kappa shape index (κ3) is 1.60. The van der Waals surface area contributed by atoms with Crippen LogP contribution in [0.1, 0.15) is 5.56 Å². The lowest BCUT2D eigenvalue weighted by atomic mass is 10.1. The molecule has 3 nitrogen and oxygen atoms in total. The molecule has 4 aromatic rings. The topological polar surface area (TPSA) is 38.9 Å². The van der Waals surface area contributed by atoms with Crippen LogP contribution in [0.15, 0.2) is 59.3 Å². The quantitative estimate of drug-likeness (QED) is 0.510. The van der Waals surface area contributed by atoms with Crippen LogP contribution >= 0.6 is 0 Å². The minimum absolute atomic E-state index is 0.657. The number of aryl methyl sites for hydroxylation is 1. The summed E-state index contributed by atoms with van der Waals surface area (Å²) < 4.78 is 5.90. The Morgan fingerprint density at radius 2 is 1.85 bits per heavy atom. The summed E-state index contributed by atoms with van der Waals surface area (Å²) in [5, 5.41) is 2.08. The summed E-state index contributed by atoms with van der Waals surface area (Å²) in [5.41, 5.74) is 4.59. The molecule has 0 aliphatic rings. The summed E-state index contributed by atoms with van der Waals surface area (Å²) in [5.74, 6) is 0. The van der Waals surface area contributed by atoms with Crippen molar-refractivity contribution in [3.8, 4) is 11.3 Å². The highest BCUT2D eigenvalue weighted by Crippen LogP contribution is 2.33. The maximum atomic E-state index is 5.90. The summed E-state index contributed by atoms with van der Waals surface area (Å²) in [4.78, 5) is 8.77. The number of furan rings is 1. The lowest BCUT2D eigenvalue weighted by Crippen LogP contribution is -1.84. The van der Waals surface area contributed by atoms with Crippen LogP contribution in [0.2, 0.25) is 0 Å². The van der Waals surface area contributed by atoms with E-state index in [2.05, 4.69) is 35.1 Å². The van der Waals surface area contributed by atoms with Crippen molar-refractivity contribution in [3.05, 3.63) is 60.4 Å². The number of hydrogen-bond acceptors (Lipinski definition) is 3. The first-order valence-corrected chi connectivity index (χ1v) is 6.52. The normalized spacial score (nSPS) is 11.2. The standard InChI is InChI=1S/C17H12N2O/c1-11-4-2-5-12(10-11)15-16-13(7-9-18-15)14-6-3-8-19-17(14)20-16/h2-10H,1H3. The molecule has 0 amide bonds. The number of fused-ring (bicyclic) bond motifs is 3. The van der Waals surface area contributed by atoms with Crippen molar-refractivity contribution in [1.29, 1.82) is 0 Å². The molecule has 20 heavy (non-hydrogen) atoms. The average Bonchev–Trinajstić information content (AvgIpc) is 2.86. The van der Waals surface area contributed by atoms with E-state index in [0.29, 0.717) is 5.71 Å². The van der Waals surface area contributed by atoms with Crippen LogP contribution in [0.4, 0.5) is 0 Å². The first-order chi connectivity index (χ1) is 9.83. The van der Waals surface area contributed by atoms with Crippen molar-refractivity contribution in [2.45, 2.75) is 6.92 Å². The molecule has 0 aliphatic carbocycles. The highest BCUT2D eigenvalue weighted by Gasteiger charge is 2.13. The highest BCUT2D eigenvalue weighted by atomic mass is 16.3. The first kappa shape index (κ1) is 11.2. The smallest absolute Gasteiger partial charge is 0.227 e. The van der Waals surface area contributed by atoms with Crippen molar-refractivity contribution in [2.24, 2.45) is 0 Å². The molecule has 0 atom stereocenters. The zero-order chi connectivity index (χ0) is 13.5. The van der Waals surface area contributed by atoms with Crippen molar-refractivity contribution in [2.75, 3.05) is 0 Å². The zero-order valence-electron chi connectivity index (χ0n) is 11.0. The second-order valence-corrected chi connectivity index (χ2v) is 4.86. The molecular formula is C17H12N2O. The molecule has 3 heterocycles. The SMILES string of the molecule is Cc1cccc(-c2nccc3c2oc2ncccc23)c1. The van der Waals surface area contributed by atoms with Crippen LogP contribution in [0.25, 0.3) is 33.3 Å². The lowest BCUT2D eigenvalue weighted by Gasteiger charge is -2.02. The molecule has 0 spiro atoms. The van der Waals surface area contributed by atoms with E-state index in [1.807, 2.05) is 30.5 Å². The van der Waals surface area contributed by atoms with Gasteiger partial charge in [0, 0.05) is 28.7 Å². The number of benzene rings is 1. The van der Waals surface area contributed by atoms with E-state index in [1.165, 1.54) is 5.56 Å². The van der Waals surface area contributed by atoms with E-state index >= 15 is 0 Å². The van der Waals surface area contributed by atoms with Gasteiger partial charge in [-0.15, -0.1) is 0 Å². The molecule has 0 bridgehead atoms. The predicted molar refractivity (Wildman–Crippen MR) is 79.5 cm³/mol. The van der Waals surface area contributed by atoms with E-state index in [4.69, 9.17) is 4.42 Å². The van der Waals surface area contributed by atoms with Gasteiger partial charge >= 0.3 is 0 Å². The van der Waals surface area contributed by atoms with Gasteiger partial charge in [-0.2, -0.15) is 0 Å². The summed E-state index contributed by atoms with van der Waals surface area (Å²) in [6.07, 6.45) is 3.56. The number of rotatable bonds is 1. The molecule has 0 unspecified atom stereocenters. The lowest BCUT2D eigenvalue weighted by molar-refractivity contribution is 0.653. The Bertz CT molecular complexity index is 924. The molecule has 3 heteroatoms. The molecule has 0 radical (unpaired) electrons. The molecule has 0 saturated carbocycles. The first-order valence-electron chi connectivity index (χ1n) is 6.52. The Morgan fingerprint density at radius 1 is 0.900 bits per heavy atom. The molecule has 96 valence electrons. The summed E-state index contributed by atoms with van der Waals surface area (Å²) in [6.45, 7) is 2.07. The molecule has 1 aromatic carbocycles. The van der Waals surface area contributed by atoms with E-state index in [-0.39, 0.29) is 0 Å². The predicted octanol–water partition coefficient (Wildman–Crippen LogP) is 4.35. The van der Waals surface area contributed by atoms with Gasteiger partial charge in [0.05, 0.1) is 0 Å². The van der Waals surface area contributed by atoms with Crippen LogP contribution in [0.3, 0.4) is 0 Å². The van der Waals surface area contributed by atoms with E-state index < -0.39 is 0 Å². The molecule has 4 rings (SSSR count). The Hall–Kier alpha value is -2.68. The maximum absolute atomic E-state index is 5.90. The van der Waals surface area contributed by atoms with E-state index in [1.54, 1.807) is 6.20 Å². The van der Waals surface area contributed by atoms with Gasteiger partial charge in [-0.1, -0.05) is 23.8 Å². The van der Waals surface area contributed by atoms with Crippen LogP contribution in [-0.4, -0.2) is 9.97 Å². The third-order valence-corrected chi connectivity index (χ3v) is 3.46. The van der Waals surface area contributed by atoms with Gasteiger partial charge in [0.25, 0.3) is 0 Å². The van der Waals surface area contributed by atoms with Gasteiger partial charge < -0.3 is 4.42 Å².